The predicted octanol–water partition coefficient (Wildman–Crippen LogP) is 2.55. The third-order valence-electron chi connectivity index (χ3n) is 3.05. The van der Waals surface area contributed by atoms with Crippen molar-refractivity contribution < 1.29 is 23.8 Å². The number of esters is 1. The van der Waals surface area contributed by atoms with E-state index in [2.05, 4.69) is 15.3 Å². The van der Waals surface area contributed by atoms with E-state index >= 15 is 0 Å². The highest BCUT2D eigenvalue weighted by Gasteiger charge is 2.41. The molecule has 1 rings (SSSR count). The molecule has 1 fully saturated rings. The monoisotopic (exact) mass is 342 g/mol. The van der Waals surface area contributed by atoms with Crippen LogP contribution in [0.4, 0.5) is 4.79 Å². The Kier molecular flexibility index (Phi) is 6.45. The summed E-state index contributed by atoms with van der Waals surface area (Å²) in [5.74, 6) is -1.15. The van der Waals surface area contributed by atoms with Crippen molar-refractivity contribution in [2.45, 2.75) is 64.8 Å². The van der Waals surface area contributed by atoms with Crippen molar-refractivity contribution in [3.63, 3.8) is 0 Å². The summed E-state index contributed by atoms with van der Waals surface area (Å²) in [6.07, 6.45) is -0.745. The second-order valence-electron chi connectivity index (χ2n) is 7.63. The highest BCUT2D eigenvalue weighted by molar-refractivity contribution is 5.82. The van der Waals surface area contributed by atoms with Crippen LogP contribution in [0.1, 0.15) is 41.5 Å². The SMILES string of the molecule is CC(C)(C)OC(=O)NC(C(=O)OC(C)(C)C)[C@@H]1COC[C@@H]1N=[N+]=[N-]. The van der Waals surface area contributed by atoms with Crippen LogP contribution in [0.2, 0.25) is 0 Å². The lowest BCUT2D eigenvalue weighted by atomic mass is 9.95. The molecule has 1 unspecified atom stereocenters. The van der Waals surface area contributed by atoms with Gasteiger partial charge in [0.25, 0.3) is 0 Å². The van der Waals surface area contributed by atoms with E-state index < -0.39 is 41.3 Å². The number of carbonyl (C=O) groups excluding carboxylic acids is 2. The molecule has 1 aliphatic rings. The number of ether oxygens (including phenoxy) is 3. The fraction of sp³-hybridized carbons (Fsp3) is 0.867. The molecule has 0 aromatic heterocycles. The first kappa shape index (κ1) is 20.1. The van der Waals surface area contributed by atoms with E-state index in [1.165, 1.54) is 0 Å². The first-order chi connectivity index (χ1) is 10.9. The van der Waals surface area contributed by atoms with Crippen molar-refractivity contribution in [3.05, 3.63) is 10.4 Å². The highest BCUT2D eigenvalue weighted by Crippen LogP contribution is 2.24. The average molecular weight is 342 g/mol. The minimum Gasteiger partial charge on any atom is -0.458 e. The topological polar surface area (TPSA) is 123 Å². The molecule has 0 aromatic rings. The van der Waals surface area contributed by atoms with E-state index in [-0.39, 0.29) is 13.2 Å². The van der Waals surface area contributed by atoms with Gasteiger partial charge in [-0.25, -0.2) is 9.59 Å². The molecule has 0 spiro atoms. The quantitative estimate of drug-likeness (QED) is 0.364. The van der Waals surface area contributed by atoms with Gasteiger partial charge in [0.15, 0.2) is 0 Å². The number of carbonyl (C=O) groups is 2. The first-order valence-corrected chi connectivity index (χ1v) is 7.77. The molecule has 1 amide bonds. The molecule has 1 saturated heterocycles. The van der Waals surface area contributed by atoms with Gasteiger partial charge >= 0.3 is 12.1 Å². The van der Waals surface area contributed by atoms with E-state index in [0.717, 1.165) is 0 Å². The lowest BCUT2D eigenvalue weighted by Crippen LogP contribution is -2.52. The van der Waals surface area contributed by atoms with Crippen molar-refractivity contribution >= 4 is 12.1 Å². The van der Waals surface area contributed by atoms with Crippen molar-refractivity contribution in [2.24, 2.45) is 11.0 Å². The van der Waals surface area contributed by atoms with Gasteiger partial charge in [0.05, 0.1) is 19.3 Å². The highest BCUT2D eigenvalue weighted by atomic mass is 16.6. The normalized spacial score (nSPS) is 22.2. The van der Waals surface area contributed by atoms with Crippen LogP contribution in [0.15, 0.2) is 5.11 Å². The molecule has 1 N–H and O–H groups in total. The largest absolute Gasteiger partial charge is 0.458 e. The van der Waals surface area contributed by atoms with Crippen LogP contribution in [-0.2, 0) is 19.0 Å². The van der Waals surface area contributed by atoms with Crippen molar-refractivity contribution in [1.82, 2.24) is 5.32 Å². The van der Waals surface area contributed by atoms with Gasteiger partial charge in [-0.3, -0.25) is 0 Å². The summed E-state index contributed by atoms with van der Waals surface area (Å²) < 4.78 is 15.9. The van der Waals surface area contributed by atoms with Gasteiger partial charge in [0.2, 0.25) is 0 Å². The summed E-state index contributed by atoms with van der Waals surface area (Å²) >= 11 is 0. The van der Waals surface area contributed by atoms with Gasteiger partial charge in [-0.05, 0) is 47.1 Å². The zero-order valence-electron chi connectivity index (χ0n) is 15.0. The van der Waals surface area contributed by atoms with Crippen LogP contribution in [0.5, 0.6) is 0 Å². The molecular weight excluding hydrogens is 316 g/mol. The van der Waals surface area contributed by atoms with Crippen LogP contribution >= 0.6 is 0 Å². The molecule has 9 heteroatoms. The zero-order chi connectivity index (χ0) is 18.5. The minimum absolute atomic E-state index is 0.170. The van der Waals surface area contributed by atoms with Crippen LogP contribution in [0.25, 0.3) is 10.4 Å². The van der Waals surface area contributed by atoms with Gasteiger partial charge in [0.1, 0.15) is 17.2 Å². The third-order valence-corrected chi connectivity index (χ3v) is 3.05. The van der Waals surface area contributed by atoms with Gasteiger partial charge in [0, 0.05) is 10.8 Å². The zero-order valence-corrected chi connectivity index (χ0v) is 15.0. The number of azide groups is 1. The second-order valence-corrected chi connectivity index (χ2v) is 7.63. The molecule has 0 aliphatic carbocycles. The first-order valence-electron chi connectivity index (χ1n) is 7.77. The van der Waals surface area contributed by atoms with Crippen molar-refractivity contribution in [3.8, 4) is 0 Å². The van der Waals surface area contributed by atoms with E-state index in [1.54, 1.807) is 41.5 Å². The number of rotatable bonds is 4. The molecule has 0 bridgehead atoms. The maximum atomic E-state index is 12.5. The molecule has 1 aliphatic heterocycles. The fourth-order valence-corrected chi connectivity index (χ4v) is 2.20. The molecule has 3 atom stereocenters. The van der Waals surface area contributed by atoms with Crippen LogP contribution < -0.4 is 5.32 Å². The number of hydrogen-bond donors (Lipinski definition) is 1. The minimum atomic E-state index is -1.03. The second kappa shape index (κ2) is 7.72. The Bertz CT molecular complexity index is 517. The third kappa shape index (κ3) is 6.64. The van der Waals surface area contributed by atoms with Gasteiger partial charge in [-0.1, -0.05) is 5.11 Å². The van der Waals surface area contributed by atoms with Crippen molar-refractivity contribution in [1.29, 1.82) is 0 Å². The summed E-state index contributed by atoms with van der Waals surface area (Å²) in [5, 5.41) is 6.17. The maximum Gasteiger partial charge on any atom is 0.408 e. The average Bonchev–Trinajstić information content (AvgIpc) is 2.80. The molecule has 24 heavy (non-hydrogen) atoms. The van der Waals surface area contributed by atoms with E-state index in [0.29, 0.717) is 0 Å². The smallest absolute Gasteiger partial charge is 0.408 e. The van der Waals surface area contributed by atoms with Crippen LogP contribution in [0.3, 0.4) is 0 Å². The Labute approximate surface area is 141 Å². The lowest BCUT2D eigenvalue weighted by molar-refractivity contribution is -0.159. The lowest BCUT2D eigenvalue weighted by Gasteiger charge is -2.29. The standard InChI is InChI=1S/C15H26N4O5/c1-14(2,3)23-12(20)11(17-13(21)24-15(4,5)6)9-7-22-8-10(9)18-19-16/h9-11H,7-8H2,1-6H3,(H,17,21)/t9-,10+,11?/m1/s1. The number of hydrogen-bond acceptors (Lipinski definition) is 6. The molecule has 0 saturated carbocycles. The summed E-state index contributed by atoms with van der Waals surface area (Å²) in [7, 11) is 0. The molecule has 0 aromatic carbocycles. The molecule has 9 nitrogen and oxygen atoms in total. The van der Waals surface area contributed by atoms with E-state index in [1.807, 2.05) is 0 Å². The number of nitrogens with zero attached hydrogens (tertiary/aromatic N) is 3. The summed E-state index contributed by atoms with van der Waals surface area (Å²) in [6.45, 7) is 10.7. The number of amides is 1. The number of nitrogens with one attached hydrogen (secondary N) is 1. The summed E-state index contributed by atoms with van der Waals surface area (Å²) in [6, 6.07) is -1.60. The summed E-state index contributed by atoms with van der Waals surface area (Å²) in [4.78, 5) is 27.4. The predicted molar refractivity (Wildman–Crippen MR) is 86.2 cm³/mol. The number of alkyl carbamates (subject to hydrolysis) is 1. The Balaban J connectivity index is 2.96. The van der Waals surface area contributed by atoms with Gasteiger partial charge < -0.3 is 19.5 Å². The molecular formula is C15H26N4O5. The summed E-state index contributed by atoms with van der Waals surface area (Å²) in [5.41, 5.74) is 7.23. The van der Waals surface area contributed by atoms with Gasteiger partial charge in [-0.2, -0.15) is 0 Å². The molecule has 1 heterocycles. The molecule has 136 valence electrons. The van der Waals surface area contributed by atoms with Crippen LogP contribution in [0, 0.1) is 5.92 Å². The Morgan fingerprint density at radius 1 is 1.17 bits per heavy atom. The fourth-order valence-electron chi connectivity index (χ4n) is 2.20. The molecule has 0 radical (unpaired) electrons. The maximum absolute atomic E-state index is 12.5. The van der Waals surface area contributed by atoms with Gasteiger partial charge in [-0.15, -0.1) is 0 Å². The van der Waals surface area contributed by atoms with E-state index in [4.69, 9.17) is 19.7 Å². The van der Waals surface area contributed by atoms with E-state index in [9.17, 15) is 9.59 Å². The Hall–Kier alpha value is -1.99. The van der Waals surface area contributed by atoms with Crippen LogP contribution in [-0.4, -0.2) is 48.6 Å². The Morgan fingerprint density at radius 3 is 2.25 bits per heavy atom. The Morgan fingerprint density at radius 2 is 1.75 bits per heavy atom. The van der Waals surface area contributed by atoms with Crippen molar-refractivity contribution in [2.75, 3.05) is 13.2 Å².